The summed E-state index contributed by atoms with van der Waals surface area (Å²) in [5.74, 6) is -5.20. The van der Waals surface area contributed by atoms with E-state index in [0.29, 0.717) is 37.0 Å². The van der Waals surface area contributed by atoms with Gasteiger partial charge < -0.3 is 29.7 Å². The van der Waals surface area contributed by atoms with Gasteiger partial charge >= 0.3 is 17.4 Å². The van der Waals surface area contributed by atoms with Crippen LogP contribution in [0.25, 0.3) is 0 Å². The smallest absolute Gasteiger partial charge is 0.549 e. The Kier molecular flexibility index (Phi) is 34.8. The molecule has 0 aromatic heterocycles. The van der Waals surface area contributed by atoms with E-state index in [2.05, 4.69) is 41.5 Å². The molecule has 0 aliphatic carbocycles. The normalized spacial score (nSPS) is 12.5. The van der Waals surface area contributed by atoms with Gasteiger partial charge in [-0.25, -0.2) is 0 Å². The molecule has 0 radical (unpaired) electrons. The Labute approximate surface area is 290 Å². The van der Waals surface area contributed by atoms with Crippen molar-refractivity contribution < 1.29 is 44.1 Å². The van der Waals surface area contributed by atoms with Gasteiger partial charge in [-0.2, -0.15) is 0 Å². The van der Waals surface area contributed by atoms with Gasteiger partial charge in [-0.15, -0.1) is 0 Å². The van der Waals surface area contributed by atoms with Gasteiger partial charge in [-0.1, -0.05) is 119 Å². The number of ketones is 3. The molecule has 0 N–H and O–H groups in total. The van der Waals surface area contributed by atoms with Crippen LogP contribution in [-0.2, 0) is 28.8 Å². The quantitative estimate of drug-likeness (QED) is 0.0829. The maximum Gasteiger partial charge on any atom is 3.00 e. The fourth-order valence-electron chi connectivity index (χ4n) is 4.69. The Balaban J connectivity index is -0.000000285. The molecule has 0 saturated carbocycles. The number of carbonyl (C=O) groups is 6. The van der Waals surface area contributed by atoms with Gasteiger partial charge in [0.1, 0.15) is 17.3 Å². The third kappa shape index (κ3) is 33.3. The van der Waals surface area contributed by atoms with Crippen LogP contribution in [0.2, 0.25) is 0 Å². The van der Waals surface area contributed by atoms with Crippen LogP contribution in [-0.4, -0.2) is 52.6 Å². The molecule has 0 bridgehead atoms. The number of aliphatic carboxylic acids is 3. The monoisotopic (exact) mass is 666 g/mol. The van der Waals surface area contributed by atoms with Crippen molar-refractivity contribution in [3.05, 3.63) is 0 Å². The van der Waals surface area contributed by atoms with Crippen LogP contribution >= 0.6 is 0 Å². The number of unbranched alkanes of at least 4 members (excludes halogenated alkanes) is 6. The number of carboxylic acid groups (broad SMARTS) is 3. The molecular weight excluding hydrogens is 603 g/mol. The minimum absolute atomic E-state index is 0. The van der Waals surface area contributed by atoms with Crippen LogP contribution in [0.3, 0.4) is 0 Å². The average molecular weight is 667 g/mol. The fourth-order valence-corrected chi connectivity index (χ4v) is 4.69. The van der Waals surface area contributed by atoms with Crippen LogP contribution in [0.15, 0.2) is 0 Å². The zero-order valence-corrected chi connectivity index (χ0v) is 31.5. The number of hydrogen-bond donors (Lipinski definition) is 0. The second kappa shape index (κ2) is 31.5. The molecule has 3 unspecified atom stereocenters. The molecule has 0 saturated heterocycles. The molecule has 0 aliphatic rings. The van der Waals surface area contributed by atoms with Gasteiger partial charge in [0.25, 0.3) is 0 Å². The summed E-state index contributed by atoms with van der Waals surface area (Å²) in [7, 11) is 0. The van der Waals surface area contributed by atoms with Crippen molar-refractivity contribution in [2.75, 3.05) is 0 Å². The van der Waals surface area contributed by atoms with Crippen LogP contribution in [0.1, 0.15) is 159 Å². The maximum absolute atomic E-state index is 10.9. The van der Waals surface area contributed by atoms with E-state index in [1.54, 1.807) is 0 Å². The van der Waals surface area contributed by atoms with Crippen LogP contribution in [0, 0.1) is 35.5 Å². The van der Waals surface area contributed by atoms with Gasteiger partial charge in [0.05, 0.1) is 35.7 Å². The molecule has 264 valence electrons. The third-order valence-electron chi connectivity index (χ3n) is 7.65. The molecule has 0 aromatic carbocycles. The summed E-state index contributed by atoms with van der Waals surface area (Å²) in [6.45, 7) is 16.9. The number of hydrogen-bond acceptors (Lipinski definition) is 9. The van der Waals surface area contributed by atoms with E-state index in [9.17, 15) is 44.1 Å². The van der Waals surface area contributed by atoms with Gasteiger partial charge in [-0.05, 0) is 57.8 Å². The van der Waals surface area contributed by atoms with Crippen molar-refractivity contribution in [1.82, 2.24) is 0 Å². The fraction of sp³-hybridized carbons (Fsp3) is 0.833. The summed E-state index contributed by atoms with van der Waals surface area (Å²) >= 11 is 0. The van der Waals surface area contributed by atoms with Crippen molar-refractivity contribution in [1.29, 1.82) is 0 Å². The topological polar surface area (TPSA) is 172 Å². The SMILES string of the molecule is CC(=O)C(CCCCCC(C)C)C(=O)[O-].CC(=O)C(CCCCCC(C)C)C(=O)[O-].CC(=O)C(CCCCCC(C)C)C(=O)[O-].[Al+3]. The molecule has 0 fully saturated rings. The first kappa shape index (κ1) is 50.8. The van der Waals surface area contributed by atoms with Gasteiger partial charge in [0.2, 0.25) is 0 Å². The molecule has 0 rings (SSSR count). The number of Topliss-reactive ketones (excluding diaryl/α,β-unsaturated/α-hetero) is 3. The first-order chi connectivity index (χ1) is 20.8. The van der Waals surface area contributed by atoms with E-state index in [1.807, 2.05) is 0 Å². The first-order valence-corrected chi connectivity index (χ1v) is 17.0. The van der Waals surface area contributed by atoms with Crippen molar-refractivity contribution >= 4 is 52.6 Å². The van der Waals surface area contributed by atoms with E-state index >= 15 is 0 Å². The summed E-state index contributed by atoms with van der Waals surface area (Å²) in [6, 6.07) is 0. The largest absolute Gasteiger partial charge is 3.00 e. The number of carboxylic acids is 3. The minimum atomic E-state index is -1.23. The molecule has 0 heterocycles. The van der Waals surface area contributed by atoms with E-state index < -0.39 is 35.7 Å². The van der Waals surface area contributed by atoms with E-state index in [4.69, 9.17) is 0 Å². The van der Waals surface area contributed by atoms with Gasteiger partial charge in [-0.3, -0.25) is 14.4 Å². The van der Waals surface area contributed by atoms with Crippen LogP contribution in [0.5, 0.6) is 0 Å². The molecule has 0 aliphatic heterocycles. The van der Waals surface area contributed by atoms with Gasteiger partial charge in [0, 0.05) is 0 Å². The predicted octanol–water partition coefficient (Wildman–Crippen LogP) is 4.26. The second-order valence-corrected chi connectivity index (χ2v) is 13.5. The molecule has 9 nitrogen and oxygen atoms in total. The summed E-state index contributed by atoms with van der Waals surface area (Å²) < 4.78 is 0. The van der Waals surface area contributed by atoms with Crippen molar-refractivity contribution in [2.24, 2.45) is 35.5 Å². The molecule has 10 heteroatoms. The Morgan fingerprint density at radius 2 is 0.543 bits per heavy atom. The summed E-state index contributed by atoms with van der Waals surface area (Å²) in [5.41, 5.74) is 0. The van der Waals surface area contributed by atoms with Gasteiger partial charge in [0.15, 0.2) is 0 Å². The molecule has 0 amide bonds. The molecule has 46 heavy (non-hydrogen) atoms. The molecule has 3 atom stereocenters. The predicted molar refractivity (Wildman–Crippen MR) is 177 cm³/mol. The zero-order valence-electron chi connectivity index (χ0n) is 30.3. The molecule has 0 aromatic rings. The standard InChI is InChI=1S/3C12H22O3.Al/c3*1-9(2)7-5-4-6-8-11(10(3)13)12(14)15;/h3*9,11H,4-8H2,1-3H3,(H,14,15);/q;;;+3/p-3. The Hall–Kier alpha value is -2.05. The molecule has 0 spiro atoms. The number of rotatable bonds is 24. The van der Waals surface area contributed by atoms with E-state index in [-0.39, 0.29) is 34.7 Å². The Morgan fingerprint density at radius 1 is 0.370 bits per heavy atom. The molecular formula is C36H63AlO9. The summed E-state index contributed by atoms with van der Waals surface area (Å²) in [6.07, 6.45) is 13.5. The van der Waals surface area contributed by atoms with E-state index in [1.165, 1.54) is 20.8 Å². The minimum Gasteiger partial charge on any atom is -0.549 e. The summed E-state index contributed by atoms with van der Waals surface area (Å²) in [5, 5.41) is 31.7. The third-order valence-corrected chi connectivity index (χ3v) is 7.65. The van der Waals surface area contributed by atoms with Crippen LogP contribution < -0.4 is 15.3 Å². The second-order valence-electron chi connectivity index (χ2n) is 13.5. The Morgan fingerprint density at radius 3 is 0.674 bits per heavy atom. The maximum atomic E-state index is 10.9. The number of carbonyl (C=O) groups excluding carboxylic acids is 6. The first-order valence-electron chi connectivity index (χ1n) is 17.0. The van der Waals surface area contributed by atoms with E-state index in [0.717, 1.165) is 77.0 Å². The average Bonchev–Trinajstić information content (AvgIpc) is 2.89. The van der Waals surface area contributed by atoms with Crippen molar-refractivity contribution in [2.45, 2.75) is 159 Å². The summed E-state index contributed by atoms with van der Waals surface area (Å²) in [4.78, 5) is 64.6. The van der Waals surface area contributed by atoms with Crippen LogP contribution in [0.4, 0.5) is 0 Å². The zero-order chi connectivity index (χ0) is 35.5. The Bertz CT molecular complexity index is 701. The van der Waals surface area contributed by atoms with Crippen molar-refractivity contribution in [3.63, 3.8) is 0 Å². The van der Waals surface area contributed by atoms with Crippen molar-refractivity contribution in [3.8, 4) is 0 Å².